The van der Waals surface area contributed by atoms with Gasteiger partial charge in [0.25, 0.3) is 0 Å². The Labute approximate surface area is 70.6 Å². The van der Waals surface area contributed by atoms with Crippen molar-refractivity contribution >= 4 is 0 Å². The van der Waals surface area contributed by atoms with E-state index in [4.69, 9.17) is 0 Å². The molecule has 1 unspecified atom stereocenters. The van der Waals surface area contributed by atoms with Crippen LogP contribution >= 0.6 is 0 Å². The molecular formula is C10H21N. The summed E-state index contributed by atoms with van der Waals surface area (Å²) in [5, 5.41) is 3.45. The van der Waals surface area contributed by atoms with Gasteiger partial charge in [0.1, 0.15) is 0 Å². The number of hydrogen-bond donors (Lipinski definition) is 1. The second-order valence-electron chi connectivity index (χ2n) is 3.83. The van der Waals surface area contributed by atoms with Gasteiger partial charge in [-0.15, -0.1) is 0 Å². The molecule has 0 bridgehead atoms. The van der Waals surface area contributed by atoms with Gasteiger partial charge in [-0.1, -0.05) is 26.2 Å². The zero-order chi connectivity index (χ0) is 8.10. The molecule has 1 aliphatic carbocycles. The molecule has 0 heterocycles. The summed E-state index contributed by atoms with van der Waals surface area (Å²) < 4.78 is 0. The van der Waals surface area contributed by atoms with Crippen LogP contribution in [-0.4, -0.2) is 12.6 Å². The van der Waals surface area contributed by atoms with Crippen LogP contribution in [0, 0.1) is 5.92 Å². The Bertz CT molecular complexity index is 97.0. The van der Waals surface area contributed by atoms with Crippen molar-refractivity contribution in [1.82, 2.24) is 5.32 Å². The summed E-state index contributed by atoms with van der Waals surface area (Å²) >= 11 is 0. The lowest BCUT2D eigenvalue weighted by Crippen LogP contribution is -2.26. The van der Waals surface area contributed by atoms with E-state index in [0.29, 0.717) is 0 Å². The highest BCUT2D eigenvalue weighted by molar-refractivity contribution is 4.71. The molecule has 0 saturated heterocycles. The van der Waals surface area contributed by atoms with E-state index >= 15 is 0 Å². The molecule has 1 atom stereocenters. The largest absolute Gasteiger partial charge is 0.315 e. The Hall–Kier alpha value is -0.0400. The van der Waals surface area contributed by atoms with Crippen LogP contribution in [0.3, 0.4) is 0 Å². The van der Waals surface area contributed by atoms with Crippen LogP contribution in [0.2, 0.25) is 0 Å². The average molecular weight is 155 g/mol. The minimum absolute atomic E-state index is 0.737. The van der Waals surface area contributed by atoms with Crippen molar-refractivity contribution in [2.45, 2.75) is 52.0 Å². The third-order valence-corrected chi connectivity index (χ3v) is 2.79. The number of hydrogen-bond acceptors (Lipinski definition) is 1. The van der Waals surface area contributed by atoms with Gasteiger partial charge in [-0.25, -0.2) is 0 Å². The summed E-state index contributed by atoms with van der Waals surface area (Å²) in [4.78, 5) is 0. The van der Waals surface area contributed by atoms with Crippen molar-refractivity contribution < 1.29 is 0 Å². The molecule has 1 saturated carbocycles. The van der Waals surface area contributed by atoms with Crippen LogP contribution in [0.4, 0.5) is 0 Å². The fourth-order valence-corrected chi connectivity index (χ4v) is 1.72. The Morgan fingerprint density at radius 3 is 2.64 bits per heavy atom. The van der Waals surface area contributed by atoms with Crippen molar-refractivity contribution in [1.29, 1.82) is 0 Å². The van der Waals surface area contributed by atoms with Gasteiger partial charge in [-0.2, -0.15) is 0 Å². The summed E-state index contributed by atoms with van der Waals surface area (Å²) in [5.74, 6) is 1.08. The van der Waals surface area contributed by atoms with E-state index < -0.39 is 0 Å². The molecule has 0 aliphatic heterocycles. The Morgan fingerprint density at radius 1 is 1.45 bits per heavy atom. The van der Waals surface area contributed by atoms with E-state index in [-0.39, 0.29) is 0 Å². The van der Waals surface area contributed by atoms with E-state index in [1.165, 1.54) is 32.1 Å². The van der Waals surface area contributed by atoms with Gasteiger partial charge in [0.2, 0.25) is 0 Å². The SMILES string of the molecule is CCNC(C)CCC1CCC1. The lowest BCUT2D eigenvalue weighted by molar-refractivity contribution is 0.278. The molecule has 1 fully saturated rings. The molecule has 1 rings (SSSR count). The number of rotatable bonds is 5. The summed E-state index contributed by atoms with van der Waals surface area (Å²) in [6, 6.07) is 0.737. The predicted molar refractivity (Wildman–Crippen MR) is 49.7 cm³/mol. The predicted octanol–water partition coefficient (Wildman–Crippen LogP) is 2.56. The third kappa shape index (κ3) is 3.24. The monoisotopic (exact) mass is 155 g/mol. The standard InChI is InChI=1S/C10H21N/c1-3-11-9(2)7-8-10-5-4-6-10/h9-11H,3-8H2,1-2H3. The van der Waals surface area contributed by atoms with Crippen molar-refractivity contribution in [2.24, 2.45) is 5.92 Å². The van der Waals surface area contributed by atoms with Crippen LogP contribution in [0.5, 0.6) is 0 Å². The smallest absolute Gasteiger partial charge is 0.00387 e. The lowest BCUT2D eigenvalue weighted by atomic mass is 9.81. The fraction of sp³-hybridized carbons (Fsp3) is 1.00. The molecule has 0 aromatic rings. The van der Waals surface area contributed by atoms with Crippen molar-refractivity contribution in [2.75, 3.05) is 6.54 Å². The van der Waals surface area contributed by atoms with Gasteiger partial charge in [0.05, 0.1) is 0 Å². The summed E-state index contributed by atoms with van der Waals surface area (Å²) in [5.41, 5.74) is 0. The first kappa shape index (κ1) is 9.05. The maximum Gasteiger partial charge on any atom is 0.00387 e. The van der Waals surface area contributed by atoms with E-state index in [1.54, 1.807) is 0 Å². The van der Waals surface area contributed by atoms with Crippen LogP contribution in [0.15, 0.2) is 0 Å². The second kappa shape index (κ2) is 4.76. The Morgan fingerprint density at radius 2 is 2.18 bits per heavy atom. The van der Waals surface area contributed by atoms with Crippen LogP contribution in [0.1, 0.15) is 46.0 Å². The van der Waals surface area contributed by atoms with E-state index in [1.807, 2.05) is 0 Å². The highest BCUT2D eigenvalue weighted by Gasteiger charge is 2.17. The van der Waals surface area contributed by atoms with E-state index in [9.17, 15) is 0 Å². The summed E-state index contributed by atoms with van der Waals surface area (Å²) in [7, 11) is 0. The zero-order valence-electron chi connectivity index (χ0n) is 7.90. The van der Waals surface area contributed by atoms with Crippen LogP contribution in [-0.2, 0) is 0 Å². The fourth-order valence-electron chi connectivity index (χ4n) is 1.72. The summed E-state index contributed by atoms with van der Waals surface area (Å²) in [6.07, 6.45) is 7.31. The maximum atomic E-state index is 3.45. The first-order valence-electron chi connectivity index (χ1n) is 5.06. The van der Waals surface area contributed by atoms with Gasteiger partial charge in [-0.3, -0.25) is 0 Å². The van der Waals surface area contributed by atoms with E-state index in [2.05, 4.69) is 19.2 Å². The highest BCUT2D eigenvalue weighted by atomic mass is 14.9. The molecule has 11 heavy (non-hydrogen) atoms. The van der Waals surface area contributed by atoms with Crippen LogP contribution in [0.25, 0.3) is 0 Å². The molecule has 0 aromatic heterocycles. The Balaban J connectivity index is 1.92. The highest BCUT2D eigenvalue weighted by Crippen LogP contribution is 2.30. The van der Waals surface area contributed by atoms with Crippen molar-refractivity contribution in [3.8, 4) is 0 Å². The first-order valence-corrected chi connectivity index (χ1v) is 5.06. The van der Waals surface area contributed by atoms with Gasteiger partial charge >= 0.3 is 0 Å². The molecule has 0 amide bonds. The second-order valence-corrected chi connectivity index (χ2v) is 3.83. The molecule has 1 N–H and O–H groups in total. The van der Waals surface area contributed by atoms with Crippen LogP contribution < -0.4 is 5.32 Å². The van der Waals surface area contributed by atoms with Crippen molar-refractivity contribution in [3.05, 3.63) is 0 Å². The Kier molecular flexibility index (Phi) is 3.92. The zero-order valence-corrected chi connectivity index (χ0v) is 7.90. The molecule has 1 heteroatoms. The molecule has 0 spiro atoms. The molecule has 66 valence electrons. The first-order chi connectivity index (χ1) is 5.33. The molecule has 0 radical (unpaired) electrons. The van der Waals surface area contributed by atoms with Gasteiger partial charge in [0.15, 0.2) is 0 Å². The van der Waals surface area contributed by atoms with Gasteiger partial charge in [0, 0.05) is 6.04 Å². The van der Waals surface area contributed by atoms with Crippen molar-refractivity contribution in [3.63, 3.8) is 0 Å². The molecule has 0 aromatic carbocycles. The molecular weight excluding hydrogens is 134 g/mol. The normalized spacial score (nSPS) is 21.3. The van der Waals surface area contributed by atoms with E-state index in [0.717, 1.165) is 18.5 Å². The van der Waals surface area contributed by atoms with Gasteiger partial charge in [-0.05, 0) is 32.2 Å². The molecule has 1 nitrogen and oxygen atoms in total. The maximum absolute atomic E-state index is 3.45. The minimum Gasteiger partial charge on any atom is -0.315 e. The minimum atomic E-state index is 0.737. The average Bonchev–Trinajstić information content (AvgIpc) is 1.85. The summed E-state index contributed by atoms with van der Waals surface area (Å²) in [6.45, 7) is 5.59. The van der Waals surface area contributed by atoms with Gasteiger partial charge < -0.3 is 5.32 Å². The molecule has 1 aliphatic rings. The lowest BCUT2D eigenvalue weighted by Gasteiger charge is -2.26. The third-order valence-electron chi connectivity index (χ3n) is 2.79. The topological polar surface area (TPSA) is 12.0 Å². The number of nitrogens with one attached hydrogen (secondary N) is 1. The quantitative estimate of drug-likeness (QED) is 0.643.